The molecule has 1 N–H and O–H groups in total. The van der Waals surface area contributed by atoms with Crippen molar-refractivity contribution in [3.8, 4) is 0 Å². The van der Waals surface area contributed by atoms with Gasteiger partial charge in [-0.15, -0.1) is 0 Å². The normalized spacial score (nSPS) is 27.4. The van der Waals surface area contributed by atoms with Crippen molar-refractivity contribution in [3.63, 3.8) is 0 Å². The van der Waals surface area contributed by atoms with E-state index in [-0.39, 0.29) is 5.60 Å². The third-order valence-corrected chi connectivity index (χ3v) is 4.65. The van der Waals surface area contributed by atoms with Gasteiger partial charge in [0, 0.05) is 19.2 Å². The van der Waals surface area contributed by atoms with Crippen LogP contribution in [0.15, 0.2) is 0 Å². The van der Waals surface area contributed by atoms with E-state index in [0.29, 0.717) is 6.04 Å². The number of rotatable bonds is 9. The summed E-state index contributed by atoms with van der Waals surface area (Å²) in [5, 5.41) is 3.62. The lowest BCUT2D eigenvalue weighted by Gasteiger charge is -2.41. The molecular weight excluding hydrogens is 246 g/mol. The van der Waals surface area contributed by atoms with Gasteiger partial charge < -0.3 is 10.1 Å². The molecule has 2 nitrogen and oxygen atoms in total. The van der Waals surface area contributed by atoms with Crippen LogP contribution in [0.4, 0.5) is 0 Å². The minimum absolute atomic E-state index is 0.114. The second-order valence-corrected chi connectivity index (χ2v) is 7.48. The van der Waals surface area contributed by atoms with Crippen molar-refractivity contribution in [2.75, 3.05) is 13.2 Å². The fraction of sp³-hybridized carbons (Fsp3) is 1.00. The molecule has 0 bridgehead atoms. The van der Waals surface area contributed by atoms with Crippen LogP contribution in [0.3, 0.4) is 0 Å². The van der Waals surface area contributed by atoms with Crippen LogP contribution in [-0.4, -0.2) is 24.8 Å². The number of hydrogen-bond donors (Lipinski definition) is 1. The number of hydrogen-bond acceptors (Lipinski definition) is 2. The van der Waals surface area contributed by atoms with Gasteiger partial charge >= 0.3 is 0 Å². The quantitative estimate of drug-likeness (QED) is 0.658. The Bertz CT molecular complexity index is 242. The number of ether oxygens (including phenoxy) is 1. The maximum atomic E-state index is 6.40. The van der Waals surface area contributed by atoms with Crippen molar-refractivity contribution in [2.24, 2.45) is 11.8 Å². The second kappa shape index (κ2) is 9.04. The molecule has 0 saturated heterocycles. The van der Waals surface area contributed by atoms with Gasteiger partial charge in [-0.25, -0.2) is 0 Å². The van der Waals surface area contributed by atoms with Crippen LogP contribution in [0, 0.1) is 11.8 Å². The van der Waals surface area contributed by atoms with E-state index in [1.54, 1.807) is 0 Å². The van der Waals surface area contributed by atoms with E-state index < -0.39 is 0 Å². The Labute approximate surface area is 127 Å². The molecule has 2 heteroatoms. The molecule has 0 aromatic carbocycles. The van der Waals surface area contributed by atoms with E-state index in [1.165, 1.54) is 44.9 Å². The molecule has 1 saturated carbocycles. The standard InChI is InChI=1S/C18H37NO/c1-6-7-17-8-11-18(12-9-17,14-19-16(4)5)20-13-10-15(2)3/h15-17,19H,6-14H2,1-5H3. The molecule has 0 aliphatic heterocycles. The van der Waals surface area contributed by atoms with E-state index >= 15 is 0 Å². The first-order valence-electron chi connectivity index (χ1n) is 8.85. The Morgan fingerprint density at radius 2 is 1.80 bits per heavy atom. The van der Waals surface area contributed by atoms with Gasteiger partial charge in [-0.2, -0.15) is 0 Å². The van der Waals surface area contributed by atoms with Crippen molar-refractivity contribution in [1.82, 2.24) is 5.32 Å². The summed E-state index contributed by atoms with van der Waals surface area (Å²) in [4.78, 5) is 0. The summed E-state index contributed by atoms with van der Waals surface area (Å²) in [5.74, 6) is 1.68. The average molecular weight is 284 g/mol. The summed E-state index contributed by atoms with van der Waals surface area (Å²) in [7, 11) is 0. The molecule has 0 heterocycles. The van der Waals surface area contributed by atoms with Gasteiger partial charge in [-0.1, -0.05) is 47.5 Å². The first-order chi connectivity index (χ1) is 9.47. The Kier molecular flexibility index (Phi) is 8.13. The zero-order valence-corrected chi connectivity index (χ0v) is 14.5. The monoisotopic (exact) mass is 283 g/mol. The molecule has 1 fully saturated rings. The zero-order chi connectivity index (χ0) is 15.0. The molecule has 0 radical (unpaired) electrons. The second-order valence-electron chi connectivity index (χ2n) is 7.48. The first kappa shape index (κ1) is 18.0. The highest BCUT2D eigenvalue weighted by Gasteiger charge is 2.35. The highest BCUT2D eigenvalue weighted by Crippen LogP contribution is 2.36. The average Bonchev–Trinajstić information content (AvgIpc) is 2.39. The molecule has 0 unspecified atom stereocenters. The summed E-state index contributed by atoms with van der Waals surface area (Å²) in [6, 6.07) is 0.550. The van der Waals surface area contributed by atoms with E-state index in [1.807, 2.05) is 0 Å². The first-order valence-corrected chi connectivity index (χ1v) is 8.85. The largest absolute Gasteiger partial charge is 0.374 e. The van der Waals surface area contributed by atoms with Crippen LogP contribution in [0.2, 0.25) is 0 Å². The third-order valence-electron chi connectivity index (χ3n) is 4.65. The molecule has 0 spiro atoms. The lowest BCUT2D eigenvalue weighted by atomic mass is 9.77. The molecule has 0 aromatic rings. The predicted molar refractivity (Wildman–Crippen MR) is 88.1 cm³/mol. The predicted octanol–water partition coefficient (Wildman–Crippen LogP) is 4.78. The fourth-order valence-electron chi connectivity index (χ4n) is 3.17. The van der Waals surface area contributed by atoms with Crippen LogP contribution in [0.1, 0.15) is 79.6 Å². The van der Waals surface area contributed by atoms with Crippen LogP contribution in [0.5, 0.6) is 0 Å². The Morgan fingerprint density at radius 3 is 2.30 bits per heavy atom. The van der Waals surface area contributed by atoms with E-state index in [4.69, 9.17) is 4.74 Å². The van der Waals surface area contributed by atoms with Gasteiger partial charge in [0.15, 0.2) is 0 Å². The third kappa shape index (κ3) is 6.58. The summed E-state index contributed by atoms with van der Waals surface area (Å²) >= 11 is 0. The Balaban J connectivity index is 2.47. The van der Waals surface area contributed by atoms with Crippen molar-refractivity contribution in [3.05, 3.63) is 0 Å². The number of nitrogens with one attached hydrogen (secondary N) is 1. The Morgan fingerprint density at radius 1 is 1.15 bits per heavy atom. The van der Waals surface area contributed by atoms with Crippen LogP contribution in [0.25, 0.3) is 0 Å². The minimum Gasteiger partial charge on any atom is -0.374 e. The summed E-state index contributed by atoms with van der Waals surface area (Å²) in [6.45, 7) is 13.3. The van der Waals surface area contributed by atoms with Crippen molar-refractivity contribution in [2.45, 2.75) is 91.2 Å². The maximum Gasteiger partial charge on any atom is 0.0806 e. The zero-order valence-electron chi connectivity index (χ0n) is 14.5. The summed E-state index contributed by atoms with van der Waals surface area (Å²) in [5.41, 5.74) is 0.114. The summed E-state index contributed by atoms with van der Waals surface area (Å²) < 4.78 is 6.40. The topological polar surface area (TPSA) is 21.3 Å². The molecule has 20 heavy (non-hydrogen) atoms. The van der Waals surface area contributed by atoms with Crippen molar-refractivity contribution >= 4 is 0 Å². The van der Waals surface area contributed by atoms with E-state index in [0.717, 1.165) is 25.0 Å². The fourth-order valence-corrected chi connectivity index (χ4v) is 3.17. The maximum absolute atomic E-state index is 6.40. The molecule has 120 valence electrons. The molecule has 1 rings (SSSR count). The van der Waals surface area contributed by atoms with Gasteiger partial charge in [-0.3, -0.25) is 0 Å². The van der Waals surface area contributed by atoms with Crippen molar-refractivity contribution in [1.29, 1.82) is 0 Å². The highest BCUT2D eigenvalue weighted by atomic mass is 16.5. The lowest BCUT2D eigenvalue weighted by Crippen LogP contribution is -2.47. The molecule has 0 atom stereocenters. The van der Waals surface area contributed by atoms with Crippen molar-refractivity contribution < 1.29 is 4.74 Å². The Hall–Kier alpha value is -0.0800. The van der Waals surface area contributed by atoms with Gasteiger partial charge in [-0.05, 0) is 43.9 Å². The molecule has 0 aromatic heterocycles. The molecule has 1 aliphatic rings. The van der Waals surface area contributed by atoms with Gasteiger partial charge in [0.1, 0.15) is 0 Å². The van der Waals surface area contributed by atoms with E-state index in [2.05, 4.69) is 39.9 Å². The van der Waals surface area contributed by atoms with Crippen LogP contribution < -0.4 is 5.32 Å². The van der Waals surface area contributed by atoms with Gasteiger partial charge in [0.25, 0.3) is 0 Å². The lowest BCUT2D eigenvalue weighted by molar-refractivity contribution is -0.0807. The van der Waals surface area contributed by atoms with Crippen LogP contribution >= 0.6 is 0 Å². The molecule has 1 aliphatic carbocycles. The molecule has 0 amide bonds. The SMILES string of the molecule is CCCC1CCC(CNC(C)C)(OCCC(C)C)CC1. The summed E-state index contributed by atoms with van der Waals surface area (Å²) in [6.07, 6.45) is 9.12. The highest BCUT2D eigenvalue weighted by molar-refractivity contribution is 4.89. The molecular formula is C18H37NO. The van der Waals surface area contributed by atoms with Crippen LogP contribution in [-0.2, 0) is 4.74 Å². The van der Waals surface area contributed by atoms with E-state index in [9.17, 15) is 0 Å². The van der Waals surface area contributed by atoms with Gasteiger partial charge in [0.05, 0.1) is 5.60 Å². The van der Waals surface area contributed by atoms with Gasteiger partial charge in [0.2, 0.25) is 0 Å². The smallest absolute Gasteiger partial charge is 0.0806 e. The minimum atomic E-state index is 0.114.